The molecular weight excluding hydrogens is 502 g/mol. The minimum absolute atomic E-state index is 0.0351. The smallest absolute Gasteiger partial charge is 0.251 e. The highest BCUT2D eigenvalue weighted by molar-refractivity contribution is 5.94. The molecule has 0 spiro atoms. The molecule has 0 bridgehead atoms. The number of hydrogen-bond acceptors (Lipinski definition) is 6. The number of likely N-dealkylation sites (tertiary alicyclic amines) is 1. The quantitative estimate of drug-likeness (QED) is 0.412. The first-order valence-electron chi connectivity index (χ1n) is 14.5. The number of fused-ring (bicyclic) bond motifs is 1. The number of benzene rings is 1. The zero-order valence-electron chi connectivity index (χ0n) is 24.7. The normalized spacial score (nSPS) is 23.2. The van der Waals surface area contributed by atoms with E-state index in [0.717, 1.165) is 42.6 Å². The summed E-state index contributed by atoms with van der Waals surface area (Å²) in [6.07, 6.45) is 6.18. The summed E-state index contributed by atoms with van der Waals surface area (Å²) in [5.41, 5.74) is 3.47. The first-order chi connectivity index (χ1) is 19.1. The summed E-state index contributed by atoms with van der Waals surface area (Å²) >= 11 is 0. The number of nitriles is 1. The average Bonchev–Trinajstić information content (AvgIpc) is 3.56. The number of rotatable bonds is 9. The first-order valence-corrected chi connectivity index (χ1v) is 14.5. The third-order valence-electron chi connectivity index (χ3n) is 8.73. The van der Waals surface area contributed by atoms with Crippen LogP contribution in [-0.4, -0.2) is 64.1 Å². The molecule has 214 valence electrons. The number of amides is 2. The van der Waals surface area contributed by atoms with Crippen molar-refractivity contribution in [1.82, 2.24) is 30.7 Å². The van der Waals surface area contributed by atoms with Crippen LogP contribution in [0.4, 0.5) is 0 Å². The van der Waals surface area contributed by atoms with E-state index in [2.05, 4.69) is 66.7 Å². The molecule has 0 saturated carbocycles. The van der Waals surface area contributed by atoms with E-state index in [9.17, 15) is 14.9 Å². The lowest BCUT2D eigenvalue weighted by Gasteiger charge is -2.37. The van der Waals surface area contributed by atoms with Crippen LogP contribution >= 0.6 is 0 Å². The Labute approximate surface area is 237 Å². The monoisotopic (exact) mass is 545 g/mol. The Morgan fingerprint density at radius 3 is 2.70 bits per heavy atom. The fourth-order valence-corrected chi connectivity index (χ4v) is 6.47. The van der Waals surface area contributed by atoms with Gasteiger partial charge >= 0.3 is 0 Å². The minimum Gasteiger partial charge on any atom is -0.355 e. The molecule has 1 aliphatic carbocycles. The molecular formula is C31H43N7O2. The zero-order valence-corrected chi connectivity index (χ0v) is 24.7. The number of allylic oxidation sites excluding steroid dienone is 2. The van der Waals surface area contributed by atoms with Gasteiger partial charge in [0, 0.05) is 25.2 Å². The maximum atomic E-state index is 13.3. The minimum atomic E-state index is -0.617. The van der Waals surface area contributed by atoms with Gasteiger partial charge in [0.25, 0.3) is 5.91 Å². The molecule has 1 fully saturated rings. The van der Waals surface area contributed by atoms with Gasteiger partial charge in [-0.2, -0.15) is 10.4 Å². The van der Waals surface area contributed by atoms with Gasteiger partial charge in [-0.3, -0.25) is 14.7 Å². The summed E-state index contributed by atoms with van der Waals surface area (Å²) in [4.78, 5) is 32.3. The molecule has 0 radical (unpaired) electrons. The van der Waals surface area contributed by atoms with Gasteiger partial charge in [-0.05, 0) is 81.0 Å². The van der Waals surface area contributed by atoms with E-state index in [1.165, 1.54) is 5.57 Å². The van der Waals surface area contributed by atoms with Crippen LogP contribution in [0.15, 0.2) is 29.8 Å². The highest BCUT2D eigenvalue weighted by atomic mass is 16.2. The molecule has 3 unspecified atom stereocenters. The predicted molar refractivity (Wildman–Crippen MR) is 155 cm³/mol. The fraction of sp³-hybridized carbons (Fsp3) is 0.581. The summed E-state index contributed by atoms with van der Waals surface area (Å²) in [5, 5.41) is 23.6. The molecule has 40 heavy (non-hydrogen) atoms. The maximum absolute atomic E-state index is 13.3. The molecule has 1 aliphatic heterocycles. The summed E-state index contributed by atoms with van der Waals surface area (Å²) in [6, 6.07) is 7.85. The van der Waals surface area contributed by atoms with Gasteiger partial charge in [0.1, 0.15) is 11.9 Å². The maximum Gasteiger partial charge on any atom is 0.251 e. The third-order valence-corrected chi connectivity index (χ3v) is 8.73. The molecule has 1 aromatic carbocycles. The van der Waals surface area contributed by atoms with Crippen molar-refractivity contribution in [2.45, 2.75) is 84.2 Å². The third kappa shape index (κ3) is 5.68. The number of carbonyl (C=O) groups excluding carboxylic acids is 2. The van der Waals surface area contributed by atoms with Crippen molar-refractivity contribution < 1.29 is 9.59 Å². The van der Waals surface area contributed by atoms with Crippen LogP contribution < -0.4 is 10.6 Å². The van der Waals surface area contributed by atoms with Crippen molar-refractivity contribution in [2.24, 2.45) is 11.8 Å². The summed E-state index contributed by atoms with van der Waals surface area (Å²) < 4.78 is 0. The van der Waals surface area contributed by atoms with Crippen LogP contribution in [0.25, 0.3) is 0 Å². The van der Waals surface area contributed by atoms with Crippen LogP contribution in [0.3, 0.4) is 0 Å². The molecule has 9 nitrogen and oxygen atoms in total. The Bertz CT molecular complexity index is 1310. The highest BCUT2D eigenvalue weighted by Gasteiger charge is 2.44. The van der Waals surface area contributed by atoms with Gasteiger partial charge in [0.05, 0.1) is 18.0 Å². The van der Waals surface area contributed by atoms with E-state index in [1.54, 1.807) is 11.9 Å². The van der Waals surface area contributed by atoms with Crippen LogP contribution in [0, 0.1) is 30.1 Å². The van der Waals surface area contributed by atoms with Gasteiger partial charge in [-0.25, -0.2) is 4.98 Å². The molecule has 1 aromatic heterocycles. The van der Waals surface area contributed by atoms with Crippen molar-refractivity contribution in [3.05, 3.63) is 58.2 Å². The van der Waals surface area contributed by atoms with Gasteiger partial charge in [-0.15, -0.1) is 0 Å². The van der Waals surface area contributed by atoms with E-state index in [1.807, 2.05) is 19.1 Å². The average molecular weight is 546 g/mol. The van der Waals surface area contributed by atoms with Crippen molar-refractivity contribution in [2.75, 3.05) is 20.1 Å². The second-order valence-corrected chi connectivity index (χ2v) is 11.6. The van der Waals surface area contributed by atoms with E-state index < -0.39 is 5.41 Å². The number of nitrogens with zero attached hydrogens (tertiary/aromatic N) is 4. The second-order valence-electron chi connectivity index (χ2n) is 11.6. The largest absolute Gasteiger partial charge is 0.355 e. The van der Waals surface area contributed by atoms with Crippen LogP contribution in [0.1, 0.15) is 86.5 Å². The molecule has 3 N–H and O–H groups in total. The molecule has 2 heterocycles. The molecule has 4 atom stereocenters. The molecule has 1 saturated heterocycles. The number of nitrogens with one attached hydrogen (secondary N) is 3. The number of aromatic amines is 1. The van der Waals surface area contributed by atoms with Gasteiger partial charge < -0.3 is 15.5 Å². The Morgan fingerprint density at radius 1 is 1.30 bits per heavy atom. The standard InChI is InChI=1S/C31H43N7O2/c1-7-25-10-8-9-22-13-23(29(40)33-6)11-12-27(22)31(25,30-35-21(5)36-37-30)15-20(4)34-17-28(39)38-18-24(19(2)3)14-26(38)16-32/h10-13,19-20,24,26,34H,7-9,14-15,17-18H2,1-6H3,(H,33,40)(H,35,36,37)/t20-,24?,26?,31?/m1/s1. The van der Waals surface area contributed by atoms with Crippen molar-refractivity contribution in [3.8, 4) is 6.07 Å². The van der Waals surface area contributed by atoms with E-state index in [0.29, 0.717) is 36.2 Å². The number of carbonyl (C=O) groups is 2. The molecule has 2 aromatic rings. The lowest BCUT2D eigenvalue weighted by Crippen LogP contribution is -2.45. The highest BCUT2D eigenvalue weighted by Crippen LogP contribution is 2.46. The SMILES string of the molecule is CCC1=CCCc2cc(C(=O)NC)ccc2C1(C[C@@H](C)NCC(=O)N1CC(C(C)C)CC1C#N)c1n[nH]c(C)n1. The summed E-state index contributed by atoms with van der Waals surface area (Å²) in [5.74, 6) is 2.09. The zero-order chi connectivity index (χ0) is 29.0. The lowest BCUT2D eigenvalue weighted by atomic mass is 9.67. The number of aromatic nitrogens is 3. The number of aryl methyl sites for hydroxylation is 2. The molecule has 2 amide bonds. The fourth-order valence-electron chi connectivity index (χ4n) is 6.47. The molecule has 4 rings (SSSR count). The van der Waals surface area contributed by atoms with Gasteiger partial charge in [0.15, 0.2) is 5.82 Å². The Kier molecular flexibility index (Phi) is 9.09. The van der Waals surface area contributed by atoms with Gasteiger partial charge in [-0.1, -0.05) is 38.5 Å². The molecule has 2 aliphatic rings. The Hall–Kier alpha value is -3.51. The van der Waals surface area contributed by atoms with E-state index in [-0.39, 0.29) is 30.4 Å². The summed E-state index contributed by atoms with van der Waals surface area (Å²) in [7, 11) is 1.64. The first kappa shape index (κ1) is 29.5. The topological polar surface area (TPSA) is 127 Å². The van der Waals surface area contributed by atoms with Crippen LogP contribution in [-0.2, 0) is 16.6 Å². The van der Waals surface area contributed by atoms with Crippen molar-refractivity contribution in [3.63, 3.8) is 0 Å². The second kappa shape index (κ2) is 12.3. The lowest BCUT2D eigenvalue weighted by molar-refractivity contribution is -0.130. The van der Waals surface area contributed by atoms with Crippen LogP contribution in [0.2, 0.25) is 0 Å². The summed E-state index contributed by atoms with van der Waals surface area (Å²) in [6.45, 7) is 11.3. The van der Waals surface area contributed by atoms with E-state index in [4.69, 9.17) is 4.98 Å². The molecule has 9 heteroatoms. The number of hydrogen-bond donors (Lipinski definition) is 3. The predicted octanol–water partition coefficient (Wildman–Crippen LogP) is 3.81. The Morgan fingerprint density at radius 2 is 2.08 bits per heavy atom. The van der Waals surface area contributed by atoms with E-state index >= 15 is 0 Å². The van der Waals surface area contributed by atoms with Crippen molar-refractivity contribution >= 4 is 11.8 Å². The van der Waals surface area contributed by atoms with Crippen LogP contribution in [0.5, 0.6) is 0 Å². The van der Waals surface area contributed by atoms with Crippen molar-refractivity contribution in [1.29, 1.82) is 5.26 Å². The number of H-pyrrole nitrogens is 1. The Balaban J connectivity index is 1.65. The van der Waals surface area contributed by atoms with Gasteiger partial charge in [0.2, 0.25) is 5.91 Å².